The summed E-state index contributed by atoms with van der Waals surface area (Å²) < 4.78 is 45.0. The molecule has 0 spiro atoms. The highest BCUT2D eigenvalue weighted by atomic mass is 32.2. The van der Waals surface area contributed by atoms with Crippen LogP contribution in [0.4, 0.5) is 0 Å². The Hall–Kier alpha value is -3.55. The zero-order valence-corrected chi connectivity index (χ0v) is 25.7. The van der Waals surface area contributed by atoms with Crippen LogP contribution >= 0.6 is 0 Å². The second kappa shape index (κ2) is 16.2. The fourth-order valence-electron chi connectivity index (χ4n) is 5.11. The predicted molar refractivity (Wildman–Crippen MR) is 171 cm³/mol. The molecule has 7 heteroatoms. The Morgan fingerprint density at radius 3 is 2.12 bits per heavy atom. The van der Waals surface area contributed by atoms with E-state index in [9.17, 15) is 8.42 Å². The maximum absolute atomic E-state index is 13.6. The number of methoxy groups -OCH3 is 2. The molecule has 4 rings (SSSR count). The quantitative estimate of drug-likeness (QED) is 0.109. The van der Waals surface area contributed by atoms with E-state index in [2.05, 4.69) is 18.2 Å². The fraction of sp³-hybridized carbons (Fsp3) is 0.371. The van der Waals surface area contributed by atoms with Crippen LogP contribution in [0.5, 0.6) is 11.5 Å². The summed E-state index contributed by atoms with van der Waals surface area (Å²) in [5, 5.41) is 0.791. The topological polar surface area (TPSA) is 66.8 Å². The van der Waals surface area contributed by atoms with Gasteiger partial charge < -0.3 is 14.2 Å². The first-order valence-corrected chi connectivity index (χ1v) is 16.3. The van der Waals surface area contributed by atoms with Gasteiger partial charge in [0.05, 0.1) is 36.6 Å². The number of rotatable bonds is 18. The van der Waals surface area contributed by atoms with E-state index in [1.165, 1.54) is 48.1 Å². The van der Waals surface area contributed by atoms with E-state index < -0.39 is 10.0 Å². The molecule has 0 saturated heterocycles. The smallest absolute Gasteiger partial charge is 0.268 e. The highest BCUT2D eigenvalue weighted by Gasteiger charge is 2.22. The number of fused-ring (bicyclic) bond motifs is 1. The first-order chi connectivity index (χ1) is 20.5. The summed E-state index contributed by atoms with van der Waals surface area (Å²) in [4.78, 5) is 0.204. The molecule has 0 aliphatic heterocycles. The summed E-state index contributed by atoms with van der Waals surface area (Å²) >= 11 is 0. The molecular weight excluding hydrogens is 546 g/mol. The lowest BCUT2D eigenvalue weighted by atomic mass is 10.1. The first kappa shape index (κ1) is 31.4. The zero-order chi connectivity index (χ0) is 29.6. The van der Waals surface area contributed by atoms with Crippen LogP contribution in [0.15, 0.2) is 90.0 Å². The number of aromatic nitrogens is 1. The molecule has 1 aromatic heterocycles. The van der Waals surface area contributed by atoms with Crippen LogP contribution in [0.1, 0.15) is 68.9 Å². The van der Waals surface area contributed by atoms with Crippen molar-refractivity contribution in [2.45, 2.75) is 69.3 Å². The molecule has 0 bridgehead atoms. The molecule has 0 aliphatic carbocycles. The lowest BCUT2D eigenvalue weighted by molar-refractivity contribution is 0.116. The first-order valence-electron chi connectivity index (χ1n) is 14.9. The molecule has 0 atom stereocenters. The van der Waals surface area contributed by atoms with Crippen LogP contribution < -0.4 is 9.47 Å². The average molecular weight is 590 g/mol. The summed E-state index contributed by atoms with van der Waals surface area (Å²) in [6, 6.07) is 22.3. The van der Waals surface area contributed by atoms with Gasteiger partial charge in [0, 0.05) is 18.4 Å². The van der Waals surface area contributed by atoms with E-state index in [1.807, 2.05) is 42.5 Å². The van der Waals surface area contributed by atoms with Gasteiger partial charge in [0.25, 0.3) is 10.0 Å². The molecule has 0 radical (unpaired) electrons. The summed E-state index contributed by atoms with van der Waals surface area (Å²) in [6.07, 6.45) is 16.5. The second-order valence-corrected chi connectivity index (χ2v) is 12.3. The maximum atomic E-state index is 13.6. The number of nitrogens with zero attached hydrogens (tertiary/aromatic N) is 1. The van der Waals surface area contributed by atoms with Gasteiger partial charge in [0.15, 0.2) is 0 Å². The van der Waals surface area contributed by atoms with E-state index >= 15 is 0 Å². The summed E-state index contributed by atoms with van der Waals surface area (Å²) in [5.74, 6) is 1.26. The lowest BCUT2D eigenvalue weighted by Crippen LogP contribution is -2.11. The molecule has 0 fully saturated rings. The van der Waals surface area contributed by atoms with Gasteiger partial charge in [-0.1, -0.05) is 87.1 Å². The molecule has 1 heterocycles. The number of ether oxygens (including phenoxy) is 3. The normalized spacial score (nSPS) is 11.9. The van der Waals surface area contributed by atoms with Crippen LogP contribution in [0.3, 0.4) is 0 Å². The van der Waals surface area contributed by atoms with Crippen LogP contribution in [0.2, 0.25) is 0 Å². The Balaban J connectivity index is 1.22. The molecule has 4 aromatic rings. The maximum Gasteiger partial charge on any atom is 0.268 e. The Kier molecular flexibility index (Phi) is 12.1. The standard InChI is InChI=1S/C35H43NO5S/c1-39-31-22-24-32(25-23-31)42(37,38)36-27-30(35-33(36)20-16-21-34(35)40-2)19-14-9-7-5-3-4-6-8-10-15-26-41-28-29-17-12-11-13-18-29/h11-14,16-25,27H,3-10,15,26,28H2,1-2H3/b19-14-. The van der Waals surface area contributed by atoms with Gasteiger partial charge in [-0.05, 0) is 61.2 Å². The molecule has 0 unspecified atom stereocenters. The van der Waals surface area contributed by atoms with Gasteiger partial charge >= 0.3 is 0 Å². The Morgan fingerprint density at radius 1 is 0.738 bits per heavy atom. The van der Waals surface area contributed by atoms with Crippen LogP contribution in [0.25, 0.3) is 17.0 Å². The fourth-order valence-corrected chi connectivity index (χ4v) is 6.48. The average Bonchev–Trinajstić information content (AvgIpc) is 3.41. The second-order valence-electron chi connectivity index (χ2n) is 10.5. The molecule has 6 nitrogen and oxygen atoms in total. The van der Waals surface area contributed by atoms with Gasteiger partial charge in [0.2, 0.25) is 0 Å². The van der Waals surface area contributed by atoms with Crippen molar-refractivity contribution in [3.05, 3.63) is 96.2 Å². The van der Waals surface area contributed by atoms with Crippen molar-refractivity contribution in [2.24, 2.45) is 0 Å². The van der Waals surface area contributed by atoms with Crippen molar-refractivity contribution in [1.82, 2.24) is 3.97 Å². The third-order valence-electron chi connectivity index (χ3n) is 7.44. The molecule has 0 aliphatic rings. The number of unbranched alkanes of at least 4 members (excludes halogenated alkanes) is 8. The van der Waals surface area contributed by atoms with Gasteiger partial charge in [-0.2, -0.15) is 0 Å². The van der Waals surface area contributed by atoms with Crippen molar-refractivity contribution in [3.8, 4) is 11.5 Å². The van der Waals surface area contributed by atoms with Crippen LogP contribution in [0, 0.1) is 0 Å². The van der Waals surface area contributed by atoms with E-state index in [1.54, 1.807) is 44.7 Å². The molecule has 0 saturated carbocycles. The van der Waals surface area contributed by atoms with Crippen molar-refractivity contribution >= 4 is 27.0 Å². The van der Waals surface area contributed by atoms with Gasteiger partial charge in [-0.15, -0.1) is 0 Å². The largest absolute Gasteiger partial charge is 0.497 e. The van der Waals surface area contributed by atoms with Crippen molar-refractivity contribution in [2.75, 3.05) is 20.8 Å². The predicted octanol–water partition coefficient (Wildman–Crippen LogP) is 8.64. The number of hydrogen-bond acceptors (Lipinski definition) is 5. The van der Waals surface area contributed by atoms with Gasteiger partial charge in [-0.3, -0.25) is 0 Å². The van der Waals surface area contributed by atoms with Crippen LogP contribution in [-0.4, -0.2) is 33.2 Å². The molecule has 0 amide bonds. The summed E-state index contributed by atoms with van der Waals surface area (Å²) in [6.45, 7) is 1.53. The van der Waals surface area contributed by atoms with Gasteiger partial charge in [-0.25, -0.2) is 12.4 Å². The lowest BCUT2D eigenvalue weighted by Gasteiger charge is -2.09. The summed E-state index contributed by atoms with van der Waals surface area (Å²) in [5.41, 5.74) is 2.65. The van der Waals surface area contributed by atoms with E-state index in [-0.39, 0.29) is 4.90 Å². The molecule has 42 heavy (non-hydrogen) atoms. The molecule has 224 valence electrons. The zero-order valence-electron chi connectivity index (χ0n) is 24.8. The highest BCUT2D eigenvalue weighted by molar-refractivity contribution is 7.90. The van der Waals surface area contributed by atoms with E-state index in [0.717, 1.165) is 36.8 Å². The van der Waals surface area contributed by atoms with Gasteiger partial charge in [0.1, 0.15) is 11.5 Å². The van der Waals surface area contributed by atoms with Crippen molar-refractivity contribution in [1.29, 1.82) is 0 Å². The molecule has 3 aromatic carbocycles. The molecule has 0 N–H and O–H groups in total. The summed E-state index contributed by atoms with van der Waals surface area (Å²) in [7, 11) is -0.634. The number of hydrogen-bond donors (Lipinski definition) is 0. The molecular formula is C35H43NO5S. The highest BCUT2D eigenvalue weighted by Crippen LogP contribution is 2.34. The van der Waals surface area contributed by atoms with Crippen LogP contribution in [-0.2, 0) is 21.4 Å². The minimum atomic E-state index is -3.80. The Labute approximate surface area is 251 Å². The number of allylic oxidation sites excluding steroid dienone is 1. The van der Waals surface area contributed by atoms with Crippen molar-refractivity contribution < 1.29 is 22.6 Å². The Morgan fingerprint density at radius 2 is 1.43 bits per heavy atom. The van der Waals surface area contributed by atoms with E-state index in [0.29, 0.717) is 23.6 Å². The minimum Gasteiger partial charge on any atom is -0.497 e. The van der Waals surface area contributed by atoms with E-state index in [4.69, 9.17) is 14.2 Å². The third kappa shape index (κ3) is 8.49. The van der Waals surface area contributed by atoms with Crippen molar-refractivity contribution in [3.63, 3.8) is 0 Å². The SMILES string of the molecule is COc1ccc(S(=O)(=O)n2cc(/C=C\CCCCCCCCCCOCc3ccccc3)c3c(OC)cccc32)cc1. The number of benzene rings is 3. The Bertz CT molecular complexity index is 1510. The minimum absolute atomic E-state index is 0.204. The third-order valence-corrected chi connectivity index (χ3v) is 9.13. The monoisotopic (exact) mass is 589 g/mol.